The minimum absolute atomic E-state index is 0. The van der Waals surface area contributed by atoms with E-state index in [0.717, 1.165) is 0 Å². The fraction of sp³-hybridized carbons (Fsp3) is 0.958. The first-order valence-corrected chi connectivity index (χ1v) is 11.9. The molecule has 2 nitrogen and oxygen atoms in total. The van der Waals surface area contributed by atoms with E-state index >= 15 is 0 Å². The summed E-state index contributed by atoms with van der Waals surface area (Å²) in [6.07, 6.45) is 22.6. The average Bonchev–Trinajstić information content (AvgIpc) is 2.63. The van der Waals surface area contributed by atoms with E-state index in [1.807, 2.05) is 0 Å². The molecule has 0 saturated carbocycles. The third-order valence-corrected chi connectivity index (χ3v) is 5.67. The molecule has 0 aromatic carbocycles. The largest absolute Gasteiger partial charge is 1.00 e. The summed E-state index contributed by atoms with van der Waals surface area (Å²) in [5.41, 5.74) is 0. The van der Waals surface area contributed by atoms with Gasteiger partial charge in [0.25, 0.3) is 0 Å². The van der Waals surface area contributed by atoms with Crippen LogP contribution in [0.3, 0.4) is 0 Å². The summed E-state index contributed by atoms with van der Waals surface area (Å²) >= 11 is 0. The molecule has 0 fully saturated rings. The third-order valence-electron chi connectivity index (χ3n) is 5.67. The van der Waals surface area contributed by atoms with E-state index in [1.165, 1.54) is 122 Å². The van der Waals surface area contributed by atoms with Crippen LogP contribution < -0.4 is 17.0 Å². The molecule has 0 N–H and O–H groups in total. The second-order valence-corrected chi connectivity index (χ2v) is 8.38. The molecule has 0 heterocycles. The van der Waals surface area contributed by atoms with Gasteiger partial charge in [0.15, 0.2) is 0 Å². The Balaban J connectivity index is 0. The van der Waals surface area contributed by atoms with E-state index in [-0.39, 0.29) is 17.0 Å². The Bertz CT molecular complexity index is 324. The van der Waals surface area contributed by atoms with E-state index in [2.05, 4.69) is 44.3 Å². The average molecular weight is 448 g/mol. The van der Waals surface area contributed by atoms with Gasteiger partial charge < -0.3 is 17.0 Å². The van der Waals surface area contributed by atoms with Crippen LogP contribution in [0.4, 0.5) is 0 Å². The maximum atomic E-state index is 2.63. The van der Waals surface area contributed by atoms with Crippen LogP contribution in [0.2, 0.25) is 0 Å². The lowest BCUT2D eigenvalue weighted by Gasteiger charge is -2.19. The SMILES string of the molecule is CCCCCCCCCCCCN(CCCCCCCC)C(C)=[N+](C)C.[Br-]. The van der Waals surface area contributed by atoms with E-state index in [4.69, 9.17) is 0 Å². The van der Waals surface area contributed by atoms with Gasteiger partial charge in [0.05, 0.1) is 27.2 Å². The highest BCUT2D eigenvalue weighted by Gasteiger charge is 2.14. The molecule has 0 aromatic rings. The quantitative estimate of drug-likeness (QED) is 0.132. The molecule has 0 aromatic heterocycles. The first-order valence-electron chi connectivity index (χ1n) is 11.9. The Morgan fingerprint density at radius 1 is 0.556 bits per heavy atom. The molecule has 0 unspecified atom stereocenters. The van der Waals surface area contributed by atoms with Crippen LogP contribution in [0.5, 0.6) is 0 Å². The molecule has 0 aliphatic heterocycles. The molecule has 27 heavy (non-hydrogen) atoms. The molecule has 0 aliphatic rings. The summed E-state index contributed by atoms with van der Waals surface area (Å²) in [7, 11) is 4.37. The second kappa shape index (κ2) is 22.2. The van der Waals surface area contributed by atoms with Crippen molar-refractivity contribution in [2.75, 3.05) is 27.2 Å². The molecule has 0 spiro atoms. The van der Waals surface area contributed by atoms with Crippen molar-refractivity contribution in [2.45, 2.75) is 124 Å². The zero-order valence-corrected chi connectivity index (χ0v) is 21.1. The van der Waals surface area contributed by atoms with Crippen LogP contribution >= 0.6 is 0 Å². The lowest BCUT2D eigenvalue weighted by Crippen LogP contribution is -3.00. The van der Waals surface area contributed by atoms with Crippen LogP contribution in [0.15, 0.2) is 0 Å². The smallest absolute Gasteiger partial charge is 0.243 e. The van der Waals surface area contributed by atoms with Crippen molar-refractivity contribution in [1.29, 1.82) is 0 Å². The van der Waals surface area contributed by atoms with Gasteiger partial charge in [-0.1, -0.05) is 90.9 Å². The highest BCUT2D eigenvalue weighted by atomic mass is 79.9. The zero-order valence-electron chi connectivity index (χ0n) is 19.5. The van der Waals surface area contributed by atoms with E-state index in [9.17, 15) is 0 Å². The van der Waals surface area contributed by atoms with Gasteiger partial charge in [0.1, 0.15) is 0 Å². The van der Waals surface area contributed by atoms with Crippen LogP contribution in [-0.2, 0) is 0 Å². The predicted molar refractivity (Wildman–Crippen MR) is 120 cm³/mol. The molecule has 0 radical (unpaired) electrons. The predicted octanol–water partition coefficient (Wildman–Crippen LogP) is 4.26. The minimum atomic E-state index is 0. The van der Waals surface area contributed by atoms with Crippen molar-refractivity contribution in [2.24, 2.45) is 0 Å². The molecule has 0 saturated heterocycles. The number of hydrogen-bond acceptors (Lipinski definition) is 0. The molecule has 0 atom stereocenters. The summed E-state index contributed by atoms with van der Waals surface area (Å²) in [5, 5.41) is 0. The maximum Gasteiger partial charge on any atom is 0.243 e. The summed E-state index contributed by atoms with van der Waals surface area (Å²) in [6.45, 7) is 9.37. The van der Waals surface area contributed by atoms with Gasteiger partial charge in [-0.05, 0) is 25.7 Å². The topological polar surface area (TPSA) is 6.25 Å². The number of amidine groups is 1. The Morgan fingerprint density at radius 2 is 0.852 bits per heavy atom. The molecule has 0 rings (SSSR count). The number of rotatable bonds is 18. The van der Waals surface area contributed by atoms with Gasteiger partial charge in [0.2, 0.25) is 5.84 Å². The molecule has 0 amide bonds. The van der Waals surface area contributed by atoms with E-state index in [0.29, 0.717) is 0 Å². The van der Waals surface area contributed by atoms with Crippen LogP contribution in [0, 0.1) is 0 Å². The van der Waals surface area contributed by atoms with Gasteiger partial charge in [-0.3, -0.25) is 9.48 Å². The first-order chi connectivity index (χ1) is 12.6. The van der Waals surface area contributed by atoms with Crippen molar-refractivity contribution in [3.8, 4) is 0 Å². The lowest BCUT2D eigenvalue weighted by atomic mass is 10.1. The van der Waals surface area contributed by atoms with Crippen molar-refractivity contribution >= 4 is 5.84 Å². The van der Waals surface area contributed by atoms with Crippen LogP contribution in [-0.4, -0.2) is 42.5 Å². The van der Waals surface area contributed by atoms with E-state index < -0.39 is 0 Å². The molecular formula is C24H51BrN2. The maximum absolute atomic E-state index is 2.63. The summed E-state index contributed by atoms with van der Waals surface area (Å²) < 4.78 is 2.29. The summed E-state index contributed by atoms with van der Waals surface area (Å²) in [5.74, 6) is 1.44. The second-order valence-electron chi connectivity index (χ2n) is 8.38. The van der Waals surface area contributed by atoms with Crippen molar-refractivity contribution in [3.05, 3.63) is 0 Å². The van der Waals surface area contributed by atoms with Gasteiger partial charge >= 0.3 is 0 Å². The van der Waals surface area contributed by atoms with Crippen molar-refractivity contribution < 1.29 is 21.6 Å². The van der Waals surface area contributed by atoms with Gasteiger partial charge in [-0.2, -0.15) is 0 Å². The van der Waals surface area contributed by atoms with Gasteiger partial charge in [0, 0.05) is 6.92 Å². The summed E-state index contributed by atoms with van der Waals surface area (Å²) in [4.78, 5) is 2.63. The normalized spacial score (nSPS) is 10.6. The number of halogens is 1. The number of hydrogen-bond donors (Lipinski definition) is 0. The molecule has 0 aliphatic carbocycles. The molecule has 3 heteroatoms. The Morgan fingerprint density at radius 3 is 1.15 bits per heavy atom. The first kappa shape index (κ1) is 29.2. The fourth-order valence-corrected chi connectivity index (χ4v) is 3.59. The van der Waals surface area contributed by atoms with E-state index in [1.54, 1.807) is 0 Å². The number of nitrogens with zero attached hydrogens (tertiary/aromatic N) is 2. The molecule has 164 valence electrons. The van der Waals surface area contributed by atoms with Gasteiger partial charge in [-0.25, -0.2) is 0 Å². The standard InChI is InChI=1S/C24H51N2.BrH/c1-6-8-10-12-14-15-16-17-19-21-23-26(24(3)25(4)5)22-20-18-13-11-9-7-2;/h6-23H2,1-5H3;1H/q+1;/p-1. The number of unbranched alkanes of at least 4 members (excludes halogenated alkanes) is 14. The fourth-order valence-electron chi connectivity index (χ4n) is 3.59. The minimum Gasteiger partial charge on any atom is -1.00 e. The highest BCUT2D eigenvalue weighted by molar-refractivity contribution is 5.74. The van der Waals surface area contributed by atoms with Crippen molar-refractivity contribution in [1.82, 2.24) is 4.90 Å². The lowest BCUT2D eigenvalue weighted by molar-refractivity contribution is -0.470. The third kappa shape index (κ3) is 19.1. The Kier molecular flexibility index (Phi) is 24.0. The highest BCUT2D eigenvalue weighted by Crippen LogP contribution is 2.12. The Labute approximate surface area is 183 Å². The summed E-state index contributed by atoms with van der Waals surface area (Å²) in [6, 6.07) is 0. The molecule has 0 bridgehead atoms. The van der Waals surface area contributed by atoms with Crippen LogP contribution in [0.25, 0.3) is 0 Å². The van der Waals surface area contributed by atoms with Crippen LogP contribution in [0.1, 0.15) is 124 Å². The zero-order chi connectivity index (χ0) is 19.5. The van der Waals surface area contributed by atoms with Gasteiger partial charge in [-0.15, -0.1) is 0 Å². The monoisotopic (exact) mass is 446 g/mol. The Hall–Kier alpha value is -0.0500. The van der Waals surface area contributed by atoms with Crippen molar-refractivity contribution in [3.63, 3.8) is 0 Å². The molecular weight excluding hydrogens is 396 g/mol.